The summed E-state index contributed by atoms with van der Waals surface area (Å²) in [7, 11) is 0.560. The maximum atomic E-state index is 13.4. The van der Waals surface area contributed by atoms with Gasteiger partial charge in [-0.15, -0.1) is 0 Å². The number of hydrazone groups is 1. The van der Waals surface area contributed by atoms with Gasteiger partial charge in [-0.1, -0.05) is 42.5 Å². The quantitative estimate of drug-likeness (QED) is 0.598. The third kappa shape index (κ3) is 5.23. The molecule has 1 amide bonds. The van der Waals surface area contributed by atoms with E-state index < -0.39 is 10.0 Å². The van der Waals surface area contributed by atoms with Crippen LogP contribution in [-0.4, -0.2) is 45.4 Å². The third-order valence-electron chi connectivity index (χ3n) is 5.43. The first-order valence-corrected chi connectivity index (χ1v) is 12.4. The summed E-state index contributed by atoms with van der Waals surface area (Å²) in [4.78, 5) is 15.4. The molecule has 7 nitrogen and oxygen atoms in total. The summed E-state index contributed by atoms with van der Waals surface area (Å²) in [6.07, 6.45) is 1.63. The van der Waals surface area contributed by atoms with Gasteiger partial charge in [0.2, 0.25) is 10.0 Å². The van der Waals surface area contributed by atoms with Crippen molar-refractivity contribution in [1.29, 1.82) is 0 Å². The van der Waals surface area contributed by atoms with Crippen LogP contribution in [0.5, 0.6) is 0 Å². The largest absolute Gasteiger partial charge is 0.378 e. The van der Waals surface area contributed by atoms with Gasteiger partial charge in [0.25, 0.3) is 5.91 Å². The van der Waals surface area contributed by atoms with Gasteiger partial charge in [-0.3, -0.25) is 9.52 Å². The van der Waals surface area contributed by atoms with Gasteiger partial charge >= 0.3 is 0 Å². The highest BCUT2D eigenvalue weighted by atomic mass is 32.2. The molecule has 0 saturated carbocycles. The van der Waals surface area contributed by atoms with Gasteiger partial charge in [-0.25, -0.2) is 13.4 Å². The van der Waals surface area contributed by atoms with E-state index in [9.17, 15) is 13.2 Å². The van der Waals surface area contributed by atoms with Crippen molar-refractivity contribution in [1.82, 2.24) is 5.01 Å². The van der Waals surface area contributed by atoms with Gasteiger partial charge in [-0.05, 0) is 47.5 Å². The lowest BCUT2D eigenvalue weighted by Gasteiger charge is -2.23. The van der Waals surface area contributed by atoms with Gasteiger partial charge in [0.15, 0.2) is 0 Å². The van der Waals surface area contributed by atoms with Crippen LogP contribution in [0, 0.1) is 0 Å². The monoisotopic (exact) mass is 462 g/mol. The lowest BCUT2D eigenvalue weighted by Crippen LogP contribution is -2.27. The molecule has 1 atom stereocenters. The van der Waals surface area contributed by atoms with Crippen LogP contribution in [0.25, 0.3) is 0 Å². The second-order valence-corrected chi connectivity index (χ2v) is 9.97. The van der Waals surface area contributed by atoms with E-state index in [0.29, 0.717) is 17.7 Å². The van der Waals surface area contributed by atoms with Crippen LogP contribution in [0.15, 0.2) is 84.0 Å². The molecule has 1 aliphatic heterocycles. The van der Waals surface area contributed by atoms with Gasteiger partial charge in [0.05, 0.1) is 18.0 Å². The molecule has 0 saturated heterocycles. The van der Waals surface area contributed by atoms with E-state index in [-0.39, 0.29) is 11.9 Å². The van der Waals surface area contributed by atoms with E-state index in [2.05, 4.69) is 4.72 Å². The number of benzene rings is 3. The lowest BCUT2D eigenvalue weighted by molar-refractivity contribution is 0.0711. The van der Waals surface area contributed by atoms with Crippen molar-refractivity contribution in [3.8, 4) is 0 Å². The summed E-state index contributed by atoms with van der Waals surface area (Å²) < 4.78 is 25.8. The number of nitrogens with one attached hydrogen (secondary N) is 1. The van der Waals surface area contributed by atoms with Gasteiger partial charge in [0.1, 0.15) is 0 Å². The molecule has 4 rings (SSSR count). The number of hydrogen-bond donors (Lipinski definition) is 1. The van der Waals surface area contributed by atoms with Crippen molar-refractivity contribution in [2.24, 2.45) is 5.10 Å². The molecule has 0 unspecified atom stereocenters. The normalized spacial score (nSPS) is 15.8. The first kappa shape index (κ1) is 22.5. The SMILES string of the molecule is CN(C)c1ccc([C@H]2CC(c3cccc(NS(C)(=O)=O)c3)=NN2C(=O)c2ccccc2)cc1. The number of rotatable bonds is 6. The zero-order valence-corrected chi connectivity index (χ0v) is 19.6. The van der Waals surface area contributed by atoms with Crippen LogP contribution >= 0.6 is 0 Å². The third-order valence-corrected chi connectivity index (χ3v) is 6.04. The van der Waals surface area contributed by atoms with Crippen LogP contribution in [0.3, 0.4) is 0 Å². The molecule has 3 aromatic rings. The van der Waals surface area contributed by atoms with E-state index >= 15 is 0 Å². The summed E-state index contributed by atoms with van der Waals surface area (Å²) in [5, 5.41) is 6.23. The summed E-state index contributed by atoms with van der Waals surface area (Å²) in [6, 6.07) is 24.0. The van der Waals surface area contributed by atoms with E-state index in [4.69, 9.17) is 5.10 Å². The van der Waals surface area contributed by atoms with E-state index in [0.717, 1.165) is 28.8 Å². The van der Waals surface area contributed by atoms with Crippen molar-refractivity contribution < 1.29 is 13.2 Å². The Morgan fingerprint density at radius 2 is 1.70 bits per heavy atom. The van der Waals surface area contributed by atoms with Crippen molar-refractivity contribution in [3.05, 3.63) is 95.6 Å². The molecule has 3 aromatic carbocycles. The number of sulfonamides is 1. The highest BCUT2D eigenvalue weighted by Gasteiger charge is 2.33. The molecule has 1 aliphatic rings. The second kappa shape index (κ2) is 9.07. The van der Waals surface area contributed by atoms with Crippen LogP contribution in [0.4, 0.5) is 11.4 Å². The van der Waals surface area contributed by atoms with E-state index in [1.165, 1.54) is 5.01 Å². The maximum absolute atomic E-state index is 13.4. The minimum atomic E-state index is -3.40. The molecule has 170 valence electrons. The minimum Gasteiger partial charge on any atom is -0.378 e. The van der Waals surface area contributed by atoms with Crippen LogP contribution < -0.4 is 9.62 Å². The summed E-state index contributed by atoms with van der Waals surface area (Å²) in [5.41, 5.74) is 4.55. The van der Waals surface area contributed by atoms with Gasteiger partial charge in [0, 0.05) is 37.5 Å². The lowest BCUT2D eigenvalue weighted by atomic mass is 9.97. The zero-order chi connectivity index (χ0) is 23.6. The predicted molar refractivity (Wildman–Crippen MR) is 132 cm³/mol. The Morgan fingerprint density at radius 3 is 2.33 bits per heavy atom. The minimum absolute atomic E-state index is 0.183. The first-order valence-electron chi connectivity index (χ1n) is 10.5. The Morgan fingerprint density at radius 1 is 1.00 bits per heavy atom. The van der Waals surface area contributed by atoms with Crippen LogP contribution in [0.2, 0.25) is 0 Å². The molecule has 0 spiro atoms. The van der Waals surface area contributed by atoms with Crippen molar-refractivity contribution in [2.75, 3.05) is 30.0 Å². The van der Waals surface area contributed by atoms with Crippen LogP contribution in [0.1, 0.15) is 33.9 Å². The number of hydrogen-bond acceptors (Lipinski definition) is 5. The summed E-state index contributed by atoms with van der Waals surface area (Å²) in [5.74, 6) is -0.183. The fraction of sp³-hybridized carbons (Fsp3) is 0.200. The molecule has 0 bridgehead atoms. The zero-order valence-electron chi connectivity index (χ0n) is 18.8. The second-order valence-electron chi connectivity index (χ2n) is 8.22. The molecule has 0 aliphatic carbocycles. The highest BCUT2D eigenvalue weighted by Crippen LogP contribution is 2.35. The van der Waals surface area contributed by atoms with Crippen molar-refractivity contribution in [2.45, 2.75) is 12.5 Å². The Bertz CT molecular complexity index is 1290. The van der Waals surface area contributed by atoms with Crippen molar-refractivity contribution >= 4 is 33.0 Å². The van der Waals surface area contributed by atoms with Crippen LogP contribution in [-0.2, 0) is 10.0 Å². The number of anilines is 2. The highest BCUT2D eigenvalue weighted by molar-refractivity contribution is 7.92. The summed E-state index contributed by atoms with van der Waals surface area (Å²) >= 11 is 0. The average molecular weight is 463 g/mol. The molecule has 0 aromatic heterocycles. The number of amides is 1. The smallest absolute Gasteiger partial charge is 0.274 e. The van der Waals surface area contributed by atoms with Gasteiger partial charge < -0.3 is 4.90 Å². The van der Waals surface area contributed by atoms with E-state index in [1.807, 2.05) is 67.5 Å². The number of carbonyl (C=O) groups is 1. The Hall–Kier alpha value is -3.65. The molecule has 0 fully saturated rings. The Labute approximate surface area is 194 Å². The maximum Gasteiger partial charge on any atom is 0.274 e. The Kier molecular flexibility index (Phi) is 6.20. The fourth-order valence-electron chi connectivity index (χ4n) is 3.82. The molecule has 0 radical (unpaired) electrons. The van der Waals surface area contributed by atoms with E-state index in [1.54, 1.807) is 30.3 Å². The molecule has 1 heterocycles. The molecule has 33 heavy (non-hydrogen) atoms. The number of nitrogens with zero attached hydrogens (tertiary/aromatic N) is 3. The molecular formula is C25H26N4O3S. The number of carbonyl (C=O) groups excluding carboxylic acids is 1. The topological polar surface area (TPSA) is 82.1 Å². The fourth-order valence-corrected chi connectivity index (χ4v) is 4.37. The standard InChI is InChI=1S/C25H26N4O3S/c1-28(2)22-14-12-18(13-15-22)24-17-23(20-10-7-11-21(16-20)27-33(3,31)32)26-29(24)25(30)19-8-5-4-6-9-19/h4-16,24,27H,17H2,1-3H3/t24-/m1/s1. The molecule has 1 N–H and O–H groups in total. The molecule has 8 heteroatoms. The first-order chi connectivity index (χ1) is 15.7. The predicted octanol–water partition coefficient (Wildman–Crippen LogP) is 4.12. The molecular weight excluding hydrogens is 436 g/mol. The Balaban J connectivity index is 1.71. The van der Waals surface area contributed by atoms with Crippen molar-refractivity contribution in [3.63, 3.8) is 0 Å². The average Bonchev–Trinajstić information content (AvgIpc) is 3.24. The van der Waals surface area contributed by atoms with Gasteiger partial charge in [-0.2, -0.15) is 5.10 Å². The summed E-state index contributed by atoms with van der Waals surface area (Å²) in [6.45, 7) is 0.